The maximum atomic E-state index is 12.0. The molecule has 1 aliphatic rings. The predicted octanol–water partition coefficient (Wildman–Crippen LogP) is 1.99. The molecule has 1 unspecified atom stereocenters. The number of carbonyl (C=O) groups is 2. The molecule has 6 heteroatoms. The Bertz CT molecular complexity index is 513. The van der Waals surface area contributed by atoms with Gasteiger partial charge in [-0.15, -0.1) is 11.8 Å². The van der Waals surface area contributed by atoms with E-state index in [1.807, 2.05) is 18.4 Å². The van der Waals surface area contributed by atoms with Crippen LogP contribution in [0.2, 0.25) is 0 Å². The Balaban J connectivity index is 2.07. The van der Waals surface area contributed by atoms with Gasteiger partial charge in [-0.05, 0) is 24.5 Å². The number of aromatic nitrogens is 1. The number of rotatable bonds is 3. The van der Waals surface area contributed by atoms with E-state index in [9.17, 15) is 9.59 Å². The summed E-state index contributed by atoms with van der Waals surface area (Å²) in [6, 6.07) is 2.89. The number of nitrogens with one attached hydrogen (secondary N) is 1. The molecule has 0 saturated carbocycles. The van der Waals surface area contributed by atoms with Crippen LogP contribution in [0.4, 0.5) is 5.82 Å². The largest absolute Gasteiger partial charge is 0.478 e. The molecule has 94 valence electrons. The highest BCUT2D eigenvalue weighted by Crippen LogP contribution is 2.33. The summed E-state index contributed by atoms with van der Waals surface area (Å²) in [7, 11) is 0. The molecule has 2 rings (SSSR count). The van der Waals surface area contributed by atoms with Crippen LogP contribution in [0.3, 0.4) is 0 Å². The van der Waals surface area contributed by atoms with E-state index < -0.39 is 11.4 Å². The summed E-state index contributed by atoms with van der Waals surface area (Å²) in [6.07, 6.45) is 3.08. The number of thioether (sulfide) groups is 1. The first kappa shape index (κ1) is 12.6. The van der Waals surface area contributed by atoms with Gasteiger partial charge in [0, 0.05) is 11.9 Å². The maximum absolute atomic E-state index is 12.0. The minimum Gasteiger partial charge on any atom is -0.478 e. The number of aromatic carboxylic acids is 1. The zero-order valence-corrected chi connectivity index (χ0v) is 10.5. The maximum Gasteiger partial charge on any atom is 0.337 e. The van der Waals surface area contributed by atoms with Gasteiger partial charge in [0.05, 0.1) is 11.0 Å². The van der Waals surface area contributed by atoms with Crippen LogP contribution < -0.4 is 5.32 Å². The van der Waals surface area contributed by atoms with E-state index in [1.54, 1.807) is 11.8 Å². The first-order chi connectivity index (χ1) is 8.51. The molecule has 0 aromatic carbocycles. The molecule has 0 saturated heterocycles. The third-order valence-corrected chi connectivity index (χ3v) is 3.78. The van der Waals surface area contributed by atoms with Gasteiger partial charge in [0.2, 0.25) is 5.91 Å². The Labute approximate surface area is 108 Å². The van der Waals surface area contributed by atoms with Gasteiger partial charge in [0.15, 0.2) is 0 Å². The Kier molecular flexibility index (Phi) is 3.38. The highest BCUT2D eigenvalue weighted by atomic mass is 32.2. The highest BCUT2D eigenvalue weighted by molar-refractivity contribution is 8.02. The minimum absolute atomic E-state index is 0.0931. The van der Waals surface area contributed by atoms with Gasteiger partial charge >= 0.3 is 5.97 Å². The Hall–Kier alpha value is -1.82. The first-order valence-electron chi connectivity index (χ1n) is 5.31. The SMILES string of the molecule is CC1(C(=O)Nc2ccc(C(=O)O)cn2)C=CSC1. The Morgan fingerprint density at radius 2 is 2.28 bits per heavy atom. The first-order valence-corrected chi connectivity index (χ1v) is 6.36. The van der Waals surface area contributed by atoms with Crippen molar-refractivity contribution in [3.8, 4) is 0 Å². The fourth-order valence-electron chi connectivity index (χ4n) is 1.46. The molecule has 18 heavy (non-hydrogen) atoms. The van der Waals surface area contributed by atoms with Crippen molar-refractivity contribution in [2.45, 2.75) is 6.92 Å². The van der Waals surface area contributed by atoms with Crippen LogP contribution in [0.1, 0.15) is 17.3 Å². The number of hydrogen-bond donors (Lipinski definition) is 2. The van der Waals surface area contributed by atoms with E-state index in [0.29, 0.717) is 11.6 Å². The van der Waals surface area contributed by atoms with Crippen LogP contribution in [0.25, 0.3) is 0 Å². The molecule has 0 bridgehead atoms. The molecule has 2 N–H and O–H groups in total. The number of nitrogens with zero attached hydrogens (tertiary/aromatic N) is 1. The topological polar surface area (TPSA) is 79.3 Å². The summed E-state index contributed by atoms with van der Waals surface area (Å²) in [4.78, 5) is 26.6. The van der Waals surface area contributed by atoms with Crippen molar-refractivity contribution in [3.05, 3.63) is 35.4 Å². The second-order valence-electron chi connectivity index (χ2n) is 4.22. The average molecular weight is 264 g/mol. The van der Waals surface area contributed by atoms with E-state index in [4.69, 9.17) is 5.11 Å². The molecule has 1 atom stereocenters. The Morgan fingerprint density at radius 1 is 1.50 bits per heavy atom. The number of carboxylic acids is 1. The second-order valence-corrected chi connectivity index (χ2v) is 5.12. The Morgan fingerprint density at radius 3 is 2.78 bits per heavy atom. The monoisotopic (exact) mass is 264 g/mol. The summed E-state index contributed by atoms with van der Waals surface area (Å²) in [6.45, 7) is 1.85. The normalized spacial score (nSPS) is 21.8. The number of hydrogen-bond acceptors (Lipinski definition) is 4. The summed E-state index contributed by atoms with van der Waals surface area (Å²) >= 11 is 1.59. The zero-order chi connectivity index (χ0) is 13.2. The van der Waals surface area contributed by atoms with E-state index in [-0.39, 0.29) is 11.5 Å². The van der Waals surface area contributed by atoms with Crippen molar-refractivity contribution in [1.82, 2.24) is 4.98 Å². The van der Waals surface area contributed by atoms with Gasteiger partial charge in [0.1, 0.15) is 5.82 Å². The van der Waals surface area contributed by atoms with E-state index >= 15 is 0 Å². The number of anilines is 1. The van der Waals surface area contributed by atoms with Crippen molar-refractivity contribution in [1.29, 1.82) is 0 Å². The minimum atomic E-state index is -1.04. The number of carboxylic acid groups (broad SMARTS) is 1. The van der Waals surface area contributed by atoms with Crippen LogP contribution in [-0.4, -0.2) is 27.7 Å². The summed E-state index contributed by atoms with van der Waals surface area (Å²) in [5.74, 6) is -0.121. The van der Waals surface area contributed by atoms with Gasteiger partial charge in [-0.1, -0.05) is 6.08 Å². The van der Waals surface area contributed by atoms with Crippen LogP contribution >= 0.6 is 11.8 Å². The van der Waals surface area contributed by atoms with Crippen molar-refractivity contribution in [3.63, 3.8) is 0 Å². The van der Waals surface area contributed by atoms with E-state index in [1.165, 1.54) is 18.3 Å². The molecule has 1 aliphatic heterocycles. The van der Waals surface area contributed by atoms with Gasteiger partial charge in [0.25, 0.3) is 0 Å². The lowest BCUT2D eigenvalue weighted by Crippen LogP contribution is -2.32. The lowest BCUT2D eigenvalue weighted by atomic mass is 9.92. The lowest BCUT2D eigenvalue weighted by Gasteiger charge is -2.19. The standard InChI is InChI=1S/C12H12N2O3S/c1-12(4-5-18-7-12)11(17)14-9-3-2-8(6-13-9)10(15)16/h2-6H,7H2,1H3,(H,15,16)(H,13,14,17). The van der Waals surface area contributed by atoms with Gasteiger partial charge < -0.3 is 10.4 Å². The van der Waals surface area contributed by atoms with Crippen LogP contribution in [0, 0.1) is 5.41 Å². The molecule has 5 nitrogen and oxygen atoms in total. The molecule has 0 radical (unpaired) electrons. The van der Waals surface area contributed by atoms with Crippen molar-refractivity contribution < 1.29 is 14.7 Å². The van der Waals surface area contributed by atoms with Gasteiger partial charge in [-0.3, -0.25) is 4.79 Å². The van der Waals surface area contributed by atoms with Gasteiger partial charge in [-0.25, -0.2) is 9.78 Å². The third kappa shape index (κ3) is 2.53. The number of amides is 1. The third-order valence-electron chi connectivity index (χ3n) is 2.69. The van der Waals surface area contributed by atoms with Crippen LogP contribution in [0.15, 0.2) is 29.8 Å². The summed E-state index contributed by atoms with van der Waals surface area (Å²) in [5, 5.41) is 13.3. The number of pyridine rings is 1. The molecule has 0 aliphatic carbocycles. The zero-order valence-electron chi connectivity index (χ0n) is 9.71. The molecule has 0 fully saturated rings. The molecule has 1 amide bonds. The lowest BCUT2D eigenvalue weighted by molar-refractivity contribution is -0.121. The van der Waals surface area contributed by atoms with Crippen molar-refractivity contribution >= 4 is 29.5 Å². The second kappa shape index (κ2) is 4.81. The molecule has 2 heterocycles. The fraction of sp³-hybridized carbons (Fsp3) is 0.250. The molecular weight excluding hydrogens is 252 g/mol. The quantitative estimate of drug-likeness (QED) is 0.872. The van der Waals surface area contributed by atoms with Gasteiger partial charge in [-0.2, -0.15) is 0 Å². The van der Waals surface area contributed by atoms with Crippen molar-refractivity contribution in [2.75, 3.05) is 11.1 Å². The molecule has 1 aromatic heterocycles. The highest BCUT2D eigenvalue weighted by Gasteiger charge is 2.33. The summed E-state index contributed by atoms with van der Waals surface area (Å²) < 4.78 is 0. The van der Waals surface area contributed by atoms with Crippen LogP contribution in [0.5, 0.6) is 0 Å². The average Bonchev–Trinajstić information content (AvgIpc) is 2.78. The molecule has 0 spiro atoms. The van der Waals surface area contributed by atoms with E-state index in [0.717, 1.165) is 0 Å². The molecular formula is C12H12N2O3S. The van der Waals surface area contributed by atoms with Crippen LogP contribution in [-0.2, 0) is 4.79 Å². The summed E-state index contributed by atoms with van der Waals surface area (Å²) in [5.41, 5.74) is -0.437. The van der Waals surface area contributed by atoms with Crippen molar-refractivity contribution in [2.24, 2.45) is 5.41 Å². The number of carbonyl (C=O) groups excluding carboxylic acids is 1. The molecule has 1 aromatic rings. The fourth-order valence-corrected chi connectivity index (χ4v) is 2.53. The smallest absolute Gasteiger partial charge is 0.337 e. The van der Waals surface area contributed by atoms with E-state index in [2.05, 4.69) is 10.3 Å². The predicted molar refractivity (Wildman–Crippen MR) is 69.5 cm³/mol.